The second-order valence-electron chi connectivity index (χ2n) is 6.01. The van der Waals surface area contributed by atoms with Crippen molar-refractivity contribution >= 4 is 5.78 Å². The van der Waals surface area contributed by atoms with E-state index in [1.54, 1.807) is 0 Å². The smallest absolute Gasteiger partial charge is 0.143 e. The van der Waals surface area contributed by atoms with Crippen molar-refractivity contribution in [3.05, 3.63) is 24.3 Å². The number of carbonyl (C=O) groups excluding carboxylic acids is 1. The lowest BCUT2D eigenvalue weighted by molar-refractivity contribution is -0.126. The Balaban J connectivity index is 1.67. The van der Waals surface area contributed by atoms with Gasteiger partial charge in [-0.05, 0) is 24.2 Å². The first-order chi connectivity index (χ1) is 7.84. The van der Waals surface area contributed by atoms with E-state index >= 15 is 0 Å². The molecule has 0 radical (unpaired) electrons. The number of ketones is 1. The third kappa shape index (κ3) is 0.682. The van der Waals surface area contributed by atoms with Crippen LogP contribution in [0.25, 0.3) is 0 Å². The van der Waals surface area contributed by atoms with Crippen LogP contribution in [0.5, 0.6) is 0 Å². The Labute approximate surface area is 94.4 Å². The molecule has 0 amide bonds. The molecular formula is C14H14O2. The maximum Gasteiger partial charge on any atom is 0.143 e. The van der Waals surface area contributed by atoms with E-state index in [0.29, 0.717) is 35.4 Å². The number of allylic oxidation sites excluding steroid dienone is 2. The van der Waals surface area contributed by atoms with Gasteiger partial charge in [-0.2, -0.15) is 0 Å². The van der Waals surface area contributed by atoms with Crippen molar-refractivity contribution in [2.24, 2.45) is 35.5 Å². The highest BCUT2D eigenvalue weighted by Crippen LogP contribution is 2.63. The standard InChI is InChI=1S/C14H14O2/c15-14-11-7-2-1-6(5-7)10(11)12-8-3-4-9(16-8)13(12)14/h1-4,6-13H,5H2. The van der Waals surface area contributed by atoms with Crippen molar-refractivity contribution in [3.63, 3.8) is 0 Å². The fourth-order valence-corrected chi connectivity index (χ4v) is 5.16. The molecule has 0 spiro atoms. The average molecular weight is 214 g/mol. The highest BCUT2D eigenvalue weighted by molar-refractivity contribution is 5.89. The molecule has 2 heterocycles. The minimum absolute atomic E-state index is 0.118. The molecule has 3 aliphatic carbocycles. The Morgan fingerprint density at radius 2 is 1.75 bits per heavy atom. The lowest BCUT2D eigenvalue weighted by atomic mass is 9.76. The molecular weight excluding hydrogens is 200 g/mol. The van der Waals surface area contributed by atoms with Crippen LogP contribution in [0.4, 0.5) is 0 Å². The van der Waals surface area contributed by atoms with E-state index in [2.05, 4.69) is 24.3 Å². The number of fused-ring (bicyclic) bond motifs is 11. The number of Topliss-reactive ketones (excluding diaryl/α,β-unsaturated/α-hetero) is 1. The zero-order valence-electron chi connectivity index (χ0n) is 8.95. The maximum absolute atomic E-state index is 12.5. The Bertz CT molecular complexity index is 410. The molecule has 2 nitrogen and oxygen atoms in total. The SMILES string of the molecule is O=C1C2C3C=CC(C3)C2C2C3C=CC(O3)C12. The summed E-state index contributed by atoms with van der Waals surface area (Å²) in [5.41, 5.74) is 0. The van der Waals surface area contributed by atoms with Gasteiger partial charge in [0, 0.05) is 11.8 Å². The van der Waals surface area contributed by atoms with Crippen LogP contribution in [0.2, 0.25) is 0 Å². The lowest BCUT2D eigenvalue weighted by Gasteiger charge is -2.26. The topological polar surface area (TPSA) is 26.3 Å². The average Bonchev–Trinajstić information content (AvgIpc) is 2.98. The van der Waals surface area contributed by atoms with Crippen LogP contribution < -0.4 is 0 Å². The molecule has 5 rings (SSSR count). The van der Waals surface area contributed by atoms with Gasteiger partial charge in [0.2, 0.25) is 0 Å². The van der Waals surface area contributed by atoms with Gasteiger partial charge in [0.05, 0.1) is 18.1 Å². The lowest BCUT2D eigenvalue weighted by Crippen LogP contribution is -2.28. The van der Waals surface area contributed by atoms with Crippen LogP contribution in [0, 0.1) is 35.5 Å². The third-order valence-corrected chi connectivity index (χ3v) is 5.57. The molecule has 0 N–H and O–H groups in total. The Hall–Kier alpha value is -0.890. The Morgan fingerprint density at radius 3 is 2.69 bits per heavy atom. The molecule has 82 valence electrons. The maximum atomic E-state index is 12.5. The van der Waals surface area contributed by atoms with Crippen molar-refractivity contribution in [1.82, 2.24) is 0 Å². The fraction of sp³-hybridized carbons (Fsp3) is 0.643. The van der Waals surface area contributed by atoms with Gasteiger partial charge in [-0.1, -0.05) is 24.3 Å². The zero-order valence-corrected chi connectivity index (χ0v) is 8.95. The molecule has 2 heteroatoms. The number of carbonyl (C=O) groups is 1. The van der Waals surface area contributed by atoms with Crippen LogP contribution in [0.15, 0.2) is 24.3 Å². The number of hydrogen-bond acceptors (Lipinski definition) is 2. The van der Waals surface area contributed by atoms with E-state index in [9.17, 15) is 4.79 Å². The van der Waals surface area contributed by atoms with E-state index < -0.39 is 0 Å². The molecule has 16 heavy (non-hydrogen) atoms. The second-order valence-corrected chi connectivity index (χ2v) is 6.01. The van der Waals surface area contributed by atoms with Gasteiger partial charge < -0.3 is 4.74 Å². The minimum Gasteiger partial charge on any atom is -0.366 e. The first-order valence-electron chi connectivity index (χ1n) is 6.40. The van der Waals surface area contributed by atoms with Gasteiger partial charge in [-0.15, -0.1) is 0 Å². The fourth-order valence-electron chi connectivity index (χ4n) is 5.16. The minimum atomic E-state index is 0.118. The predicted octanol–water partition coefficient (Wildman–Crippen LogP) is 1.58. The van der Waals surface area contributed by atoms with Gasteiger partial charge in [-0.3, -0.25) is 4.79 Å². The summed E-state index contributed by atoms with van der Waals surface area (Å²) in [6.45, 7) is 0. The highest BCUT2D eigenvalue weighted by atomic mass is 16.5. The van der Waals surface area contributed by atoms with Gasteiger partial charge in [0.15, 0.2) is 0 Å². The highest BCUT2D eigenvalue weighted by Gasteiger charge is 2.66. The number of hydrogen-bond donors (Lipinski definition) is 0. The Morgan fingerprint density at radius 1 is 0.938 bits per heavy atom. The summed E-state index contributed by atoms with van der Waals surface area (Å²) in [4.78, 5) is 12.5. The summed E-state index contributed by atoms with van der Waals surface area (Å²) in [6, 6.07) is 0. The normalized spacial score (nSPS) is 63.4. The molecule has 2 aliphatic heterocycles. The van der Waals surface area contributed by atoms with E-state index in [1.807, 2.05) is 0 Å². The first-order valence-corrected chi connectivity index (χ1v) is 6.40. The van der Waals surface area contributed by atoms with E-state index in [1.165, 1.54) is 6.42 Å². The summed E-state index contributed by atoms with van der Waals surface area (Å²) >= 11 is 0. The summed E-state index contributed by atoms with van der Waals surface area (Å²) < 4.78 is 5.87. The summed E-state index contributed by atoms with van der Waals surface area (Å²) in [6.07, 6.45) is 10.6. The monoisotopic (exact) mass is 214 g/mol. The number of ether oxygens (including phenoxy) is 1. The number of rotatable bonds is 0. The molecule has 0 aromatic rings. The quantitative estimate of drug-likeness (QED) is 0.572. The van der Waals surface area contributed by atoms with Gasteiger partial charge in [-0.25, -0.2) is 0 Å². The van der Waals surface area contributed by atoms with Gasteiger partial charge in [0.1, 0.15) is 5.78 Å². The first kappa shape index (κ1) is 8.24. The molecule has 4 bridgehead atoms. The second kappa shape index (κ2) is 2.35. The summed E-state index contributed by atoms with van der Waals surface area (Å²) in [5, 5.41) is 0. The molecule has 3 fully saturated rings. The van der Waals surface area contributed by atoms with Crippen LogP contribution in [-0.4, -0.2) is 18.0 Å². The molecule has 8 unspecified atom stereocenters. The third-order valence-electron chi connectivity index (χ3n) is 5.57. The van der Waals surface area contributed by atoms with Gasteiger partial charge >= 0.3 is 0 Å². The van der Waals surface area contributed by atoms with Crippen LogP contribution >= 0.6 is 0 Å². The molecule has 0 aromatic carbocycles. The summed E-state index contributed by atoms with van der Waals surface area (Å²) in [5.74, 6) is 3.41. The van der Waals surface area contributed by atoms with Crippen LogP contribution in [0.3, 0.4) is 0 Å². The Kier molecular flexibility index (Phi) is 1.21. The van der Waals surface area contributed by atoms with Crippen LogP contribution in [0.1, 0.15) is 6.42 Å². The molecule has 0 aromatic heterocycles. The molecule has 5 aliphatic rings. The predicted molar refractivity (Wildman–Crippen MR) is 57.5 cm³/mol. The zero-order chi connectivity index (χ0) is 10.4. The molecule has 8 atom stereocenters. The van der Waals surface area contributed by atoms with Crippen molar-refractivity contribution in [2.45, 2.75) is 18.6 Å². The van der Waals surface area contributed by atoms with E-state index in [4.69, 9.17) is 4.74 Å². The molecule has 1 saturated heterocycles. The van der Waals surface area contributed by atoms with E-state index in [0.717, 1.165) is 0 Å². The largest absolute Gasteiger partial charge is 0.366 e. The van der Waals surface area contributed by atoms with Crippen molar-refractivity contribution < 1.29 is 9.53 Å². The summed E-state index contributed by atoms with van der Waals surface area (Å²) in [7, 11) is 0. The van der Waals surface area contributed by atoms with Crippen molar-refractivity contribution in [3.8, 4) is 0 Å². The van der Waals surface area contributed by atoms with Crippen molar-refractivity contribution in [2.75, 3.05) is 0 Å². The molecule has 2 saturated carbocycles. The van der Waals surface area contributed by atoms with Crippen molar-refractivity contribution in [1.29, 1.82) is 0 Å². The van der Waals surface area contributed by atoms with Crippen LogP contribution in [-0.2, 0) is 9.53 Å². The van der Waals surface area contributed by atoms with Gasteiger partial charge in [0.25, 0.3) is 0 Å². The van der Waals surface area contributed by atoms with E-state index in [-0.39, 0.29) is 18.1 Å².